The summed E-state index contributed by atoms with van der Waals surface area (Å²) in [4.78, 5) is 30.2. The van der Waals surface area contributed by atoms with Crippen molar-refractivity contribution in [3.8, 4) is 5.75 Å². The fourth-order valence-corrected chi connectivity index (χ4v) is 4.64. The number of ketones is 1. The Morgan fingerprint density at radius 2 is 1.89 bits per heavy atom. The topological polar surface area (TPSA) is 79.3 Å². The summed E-state index contributed by atoms with van der Waals surface area (Å²) in [5, 5.41) is 11.3. The van der Waals surface area contributed by atoms with Gasteiger partial charge in [0.15, 0.2) is 0 Å². The number of likely N-dealkylation sites (tertiary alicyclic amines) is 1. The van der Waals surface area contributed by atoms with Crippen LogP contribution < -0.4 is 4.74 Å². The zero-order valence-electron chi connectivity index (χ0n) is 20.1. The van der Waals surface area contributed by atoms with E-state index in [-0.39, 0.29) is 11.3 Å². The lowest BCUT2D eigenvalue weighted by Crippen LogP contribution is -2.38. The summed E-state index contributed by atoms with van der Waals surface area (Å²) < 4.78 is 11.0. The van der Waals surface area contributed by atoms with E-state index >= 15 is 0 Å². The molecule has 7 heteroatoms. The predicted molar refractivity (Wildman–Crippen MR) is 134 cm³/mol. The summed E-state index contributed by atoms with van der Waals surface area (Å²) in [6, 6.07) is 14.0. The molecule has 0 aliphatic carbocycles. The molecule has 0 radical (unpaired) electrons. The first-order valence-corrected chi connectivity index (χ1v) is 12.0. The van der Waals surface area contributed by atoms with E-state index in [2.05, 4.69) is 11.5 Å². The molecule has 1 N–H and O–H groups in total. The average molecular weight is 477 g/mol. The minimum atomic E-state index is -0.660. The van der Waals surface area contributed by atoms with E-state index in [0.717, 1.165) is 37.2 Å². The Morgan fingerprint density at radius 1 is 1.14 bits per heavy atom. The molecular formula is C28H32N2O5. The van der Waals surface area contributed by atoms with Crippen LogP contribution in [0.4, 0.5) is 0 Å². The number of aryl methyl sites for hydroxylation is 1. The number of ether oxygens (including phenoxy) is 2. The highest BCUT2D eigenvalue weighted by Gasteiger charge is 2.45. The number of benzene rings is 2. The maximum absolute atomic E-state index is 13.2. The normalized spacial score (nSPS) is 20.3. The number of hydrogen-bond acceptors (Lipinski definition) is 6. The van der Waals surface area contributed by atoms with Crippen LogP contribution in [-0.2, 0) is 14.3 Å². The fraction of sp³-hybridized carbons (Fsp3) is 0.357. The predicted octanol–water partition coefficient (Wildman–Crippen LogP) is 3.70. The van der Waals surface area contributed by atoms with Crippen molar-refractivity contribution in [2.24, 2.45) is 0 Å². The van der Waals surface area contributed by atoms with Crippen LogP contribution in [0.25, 0.3) is 5.76 Å². The van der Waals surface area contributed by atoms with E-state index in [9.17, 15) is 14.7 Å². The van der Waals surface area contributed by atoms with Gasteiger partial charge >= 0.3 is 0 Å². The van der Waals surface area contributed by atoms with Crippen molar-refractivity contribution in [2.75, 3.05) is 46.0 Å². The summed E-state index contributed by atoms with van der Waals surface area (Å²) >= 11 is 0. The monoisotopic (exact) mass is 476 g/mol. The molecule has 35 heavy (non-hydrogen) atoms. The summed E-state index contributed by atoms with van der Waals surface area (Å²) in [7, 11) is 0. The number of aliphatic hydroxyl groups is 1. The largest absolute Gasteiger partial charge is 0.507 e. The Bertz CT molecular complexity index is 1110. The molecule has 2 heterocycles. The van der Waals surface area contributed by atoms with Crippen molar-refractivity contribution in [1.29, 1.82) is 0 Å². The van der Waals surface area contributed by atoms with Crippen LogP contribution in [0.3, 0.4) is 0 Å². The van der Waals surface area contributed by atoms with Crippen molar-refractivity contribution >= 4 is 17.4 Å². The average Bonchev–Trinajstić information content (AvgIpc) is 3.13. The van der Waals surface area contributed by atoms with Crippen molar-refractivity contribution < 1.29 is 24.2 Å². The zero-order chi connectivity index (χ0) is 24.8. The highest BCUT2D eigenvalue weighted by atomic mass is 16.5. The molecule has 2 saturated heterocycles. The minimum absolute atomic E-state index is 0.117. The molecule has 7 nitrogen and oxygen atoms in total. The molecule has 0 aromatic heterocycles. The molecule has 4 rings (SSSR count). The second-order valence-electron chi connectivity index (χ2n) is 8.79. The Kier molecular flexibility index (Phi) is 8.00. The Hall–Kier alpha value is -3.42. The molecular weight excluding hydrogens is 444 g/mol. The van der Waals surface area contributed by atoms with Gasteiger partial charge in [0.2, 0.25) is 0 Å². The zero-order valence-corrected chi connectivity index (χ0v) is 20.1. The quantitative estimate of drug-likeness (QED) is 0.257. The highest BCUT2D eigenvalue weighted by Crippen LogP contribution is 2.39. The minimum Gasteiger partial charge on any atom is -0.507 e. The van der Waals surface area contributed by atoms with E-state index in [1.54, 1.807) is 29.2 Å². The van der Waals surface area contributed by atoms with Crippen LogP contribution in [0.1, 0.15) is 29.2 Å². The summed E-state index contributed by atoms with van der Waals surface area (Å²) in [6.45, 7) is 10.3. The Morgan fingerprint density at radius 3 is 2.57 bits per heavy atom. The number of Topliss-reactive ketones (excluding diaryl/α,β-unsaturated/α-hetero) is 1. The van der Waals surface area contributed by atoms with Crippen LogP contribution in [0, 0.1) is 6.92 Å². The molecule has 1 atom stereocenters. The number of carbonyl (C=O) groups excluding carboxylic acids is 2. The molecule has 2 aromatic carbocycles. The number of aliphatic hydroxyl groups excluding tert-OH is 1. The lowest BCUT2D eigenvalue weighted by atomic mass is 9.95. The van der Waals surface area contributed by atoms with E-state index in [1.807, 2.05) is 37.3 Å². The lowest BCUT2D eigenvalue weighted by Gasteiger charge is -2.29. The highest BCUT2D eigenvalue weighted by molar-refractivity contribution is 6.46. The van der Waals surface area contributed by atoms with Gasteiger partial charge in [0.25, 0.3) is 11.7 Å². The number of amides is 1. The van der Waals surface area contributed by atoms with Gasteiger partial charge < -0.3 is 19.5 Å². The van der Waals surface area contributed by atoms with Crippen molar-refractivity contribution in [1.82, 2.24) is 9.80 Å². The van der Waals surface area contributed by atoms with Crippen LogP contribution in [-0.4, -0.2) is 72.6 Å². The second kappa shape index (κ2) is 11.3. The Balaban J connectivity index is 1.64. The van der Waals surface area contributed by atoms with Gasteiger partial charge in [-0.25, -0.2) is 0 Å². The number of morpholine rings is 1. The maximum atomic E-state index is 13.2. The third-order valence-corrected chi connectivity index (χ3v) is 6.44. The number of carbonyl (C=O) groups is 2. The molecule has 2 fully saturated rings. The van der Waals surface area contributed by atoms with Crippen LogP contribution in [0.5, 0.6) is 5.75 Å². The van der Waals surface area contributed by atoms with E-state index in [0.29, 0.717) is 37.7 Å². The summed E-state index contributed by atoms with van der Waals surface area (Å²) in [5.74, 6) is -0.742. The standard InChI is InChI=1S/C28H32N2O5/c1-3-16-35-23-11-10-22(19-20(23)2)26(31)24-25(21-8-5-4-6-9-21)30(28(33)27(24)32)13-7-12-29-14-17-34-18-15-29/h3-6,8-11,19,25,31H,1,7,12-18H2,2H3. The van der Waals surface area contributed by atoms with Gasteiger partial charge in [0.05, 0.1) is 24.8 Å². The van der Waals surface area contributed by atoms with Crippen LogP contribution in [0.15, 0.2) is 66.8 Å². The first kappa shape index (κ1) is 24.7. The van der Waals surface area contributed by atoms with Crippen LogP contribution in [0.2, 0.25) is 0 Å². The molecule has 184 valence electrons. The van der Waals surface area contributed by atoms with Gasteiger partial charge in [0.1, 0.15) is 18.1 Å². The molecule has 2 aromatic rings. The summed E-state index contributed by atoms with van der Waals surface area (Å²) in [5.41, 5.74) is 2.20. The first-order valence-electron chi connectivity index (χ1n) is 12.0. The van der Waals surface area contributed by atoms with Crippen LogP contribution >= 0.6 is 0 Å². The van der Waals surface area contributed by atoms with Crippen molar-refractivity contribution in [3.05, 3.63) is 83.4 Å². The maximum Gasteiger partial charge on any atom is 0.295 e. The van der Waals surface area contributed by atoms with E-state index < -0.39 is 17.7 Å². The van der Waals surface area contributed by atoms with Gasteiger partial charge in [-0.15, -0.1) is 0 Å². The van der Waals surface area contributed by atoms with Gasteiger partial charge in [-0.1, -0.05) is 43.0 Å². The molecule has 2 aliphatic heterocycles. The molecule has 0 bridgehead atoms. The lowest BCUT2D eigenvalue weighted by molar-refractivity contribution is -0.140. The molecule has 0 saturated carbocycles. The Labute approximate surface area is 206 Å². The number of hydrogen-bond donors (Lipinski definition) is 1. The molecule has 0 spiro atoms. The third kappa shape index (κ3) is 5.47. The van der Waals surface area contributed by atoms with Gasteiger partial charge in [0, 0.05) is 31.7 Å². The van der Waals surface area contributed by atoms with Gasteiger partial charge in [-0.05, 0) is 42.7 Å². The second-order valence-corrected chi connectivity index (χ2v) is 8.79. The molecule has 1 amide bonds. The molecule has 1 unspecified atom stereocenters. The van der Waals surface area contributed by atoms with Gasteiger partial charge in [-0.2, -0.15) is 0 Å². The number of rotatable bonds is 9. The smallest absolute Gasteiger partial charge is 0.295 e. The van der Waals surface area contributed by atoms with E-state index in [4.69, 9.17) is 9.47 Å². The van der Waals surface area contributed by atoms with Gasteiger partial charge in [-0.3, -0.25) is 14.5 Å². The fourth-order valence-electron chi connectivity index (χ4n) is 4.64. The van der Waals surface area contributed by atoms with Crippen molar-refractivity contribution in [3.63, 3.8) is 0 Å². The third-order valence-electron chi connectivity index (χ3n) is 6.44. The SMILES string of the molecule is C=CCOc1ccc(C(O)=C2C(=O)C(=O)N(CCCN3CCOCC3)C2c2ccccc2)cc1C. The summed E-state index contributed by atoms with van der Waals surface area (Å²) in [6.07, 6.45) is 2.39. The first-order chi connectivity index (χ1) is 17.0. The van der Waals surface area contributed by atoms with E-state index in [1.165, 1.54) is 0 Å². The number of nitrogens with zero attached hydrogens (tertiary/aromatic N) is 2. The van der Waals surface area contributed by atoms with Crippen molar-refractivity contribution in [2.45, 2.75) is 19.4 Å². The molecule has 2 aliphatic rings.